The smallest absolute Gasteiger partial charge is 0.0956 e. The molecule has 0 fully saturated rings. The molecule has 0 aromatic carbocycles. The first-order valence-electron chi connectivity index (χ1n) is 2.52. The average Bonchev–Trinajstić information content (AvgIpc) is 1.94. The van der Waals surface area contributed by atoms with Crippen LogP contribution in [0.1, 0.15) is 0 Å². The Morgan fingerprint density at radius 1 is 1.70 bits per heavy atom. The van der Waals surface area contributed by atoms with Crippen LogP contribution in [0.4, 0.5) is 5.69 Å². The first-order valence-corrected chi connectivity index (χ1v) is 3.30. The Hall–Kier alpha value is -0.760. The summed E-state index contributed by atoms with van der Waals surface area (Å²) in [6.45, 7) is 0. The van der Waals surface area contributed by atoms with Crippen LogP contribution < -0.4 is 0 Å². The topological polar surface area (TPSA) is 25.2 Å². The Kier molecular flexibility index (Phi) is 2.51. The third kappa shape index (κ3) is 1.61. The number of aliphatic imine (C=N–C) groups is 1. The molecule has 1 rings (SSSR count). The van der Waals surface area contributed by atoms with E-state index in [1.165, 1.54) is 6.20 Å². The molecule has 1 heterocycles. The molecule has 0 saturated carbocycles. The van der Waals surface area contributed by atoms with Gasteiger partial charge in [0, 0.05) is 12.4 Å². The number of nitrogens with zero attached hydrogens (tertiary/aromatic N) is 2. The lowest BCUT2D eigenvalue weighted by molar-refractivity contribution is 1.32. The molecule has 0 spiro atoms. The molecule has 0 saturated heterocycles. The van der Waals surface area contributed by atoms with E-state index in [4.69, 9.17) is 11.6 Å². The van der Waals surface area contributed by atoms with Gasteiger partial charge in [-0.05, 0) is 18.3 Å². The van der Waals surface area contributed by atoms with Crippen LogP contribution in [0.3, 0.4) is 0 Å². The molecule has 50 valence electrons. The highest BCUT2D eigenvalue weighted by Crippen LogP contribution is 2.21. The van der Waals surface area contributed by atoms with Gasteiger partial charge in [0.25, 0.3) is 0 Å². The van der Waals surface area contributed by atoms with Gasteiger partial charge in [0.05, 0.1) is 15.9 Å². The highest BCUT2D eigenvalue weighted by molar-refractivity contribution is 7.78. The maximum Gasteiger partial charge on any atom is 0.0956 e. The second kappa shape index (κ2) is 3.42. The molecule has 0 aliphatic rings. The van der Waals surface area contributed by atoms with Crippen molar-refractivity contribution in [2.24, 2.45) is 4.99 Å². The SMILES string of the molecule is S=C=Nc1ccncc1Cl. The van der Waals surface area contributed by atoms with Crippen LogP contribution in [0.25, 0.3) is 0 Å². The summed E-state index contributed by atoms with van der Waals surface area (Å²) in [7, 11) is 0. The zero-order valence-corrected chi connectivity index (χ0v) is 6.49. The van der Waals surface area contributed by atoms with Gasteiger partial charge >= 0.3 is 0 Å². The van der Waals surface area contributed by atoms with Gasteiger partial charge in [0.15, 0.2) is 0 Å². The molecule has 0 aliphatic carbocycles. The van der Waals surface area contributed by atoms with Gasteiger partial charge in [-0.1, -0.05) is 11.6 Å². The van der Waals surface area contributed by atoms with Crippen molar-refractivity contribution in [3.8, 4) is 0 Å². The Morgan fingerprint density at radius 2 is 2.50 bits per heavy atom. The van der Waals surface area contributed by atoms with Crippen molar-refractivity contribution < 1.29 is 0 Å². The van der Waals surface area contributed by atoms with Crippen LogP contribution in [-0.2, 0) is 0 Å². The second-order valence-corrected chi connectivity index (χ2v) is 2.12. The first-order chi connectivity index (χ1) is 4.84. The third-order valence-electron chi connectivity index (χ3n) is 0.917. The number of aromatic nitrogens is 1. The number of pyridine rings is 1. The average molecular weight is 171 g/mol. The fourth-order valence-electron chi connectivity index (χ4n) is 0.508. The van der Waals surface area contributed by atoms with Gasteiger partial charge in [0.1, 0.15) is 0 Å². The minimum absolute atomic E-state index is 0.486. The van der Waals surface area contributed by atoms with Crippen LogP contribution in [0.2, 0.25) is 5.02 Å². The van der Waals surface area contributed by atoms with Crippen LogP contribution in [-0.4, -0.2) is 10.1 Å². The molecule has 0 amide bonds. The molecular formula is C6H3ClN2S. The van der Waals surface area contributed by atoms with Crippen molar-refractivity contribution >= 4 is 34.7 Å². The Balaban J connectivity index is 3.14. The predicted molar refractivity (Wildman–Crippen MR) is 43.9 cm³/mol. The van der Waals surface area contributed by atoms with Gasteiger partial charge in [-0.2, -0.15) is 4.99 Å². The van der Waals surface area contributed by atoms with Crippen LogP contribution in [0, 0.1) is 0 Å². The van der Waals surface area contributed by atoms with Crippen molar-refractivity contribution in [2.75, 3.05) is 0 Å². The molecule has 0 atom stereocenters. The normalized spacial score (nSPS) is 8.50. The van der Waals surface area contributed by atoms with E-state index in [0.29, 0.717) is 10.7 Å². The fraction of sp³-hybridized carbons (Fsp3) is 0. The quantitative estimate of drug-likeness (QED) is 0.478. The van der Waals surface area contributed by atoms with Crippen LogP contribution >= 0.6 is 23.8 Å². The highest BCUT2D eigenvalue weighted by atomic mass is 35.5. The molecule has 0 aliphatic heterocycles. The summed E-state index contributed by atoms with van der Waals surface area (Å²) in [5.41, 5.74) is 0.603. The van der Waals surface area contributed by atoms with Crippen molar-refractivity contribution in [3.05, 3.63) is 23.5 Å². The van der Waals surface area contributed by atoms with Crippen LogP contribution in [0.15, 0.2) is 23.5 Å². The maximum atomic E-state index is 5.66. The summed E-state index contributed by atoms with van der Waals surface area (Å²) in [4.78, 5) is 7.47. The van der Waals surface area contributed by atoms with E-state index in [1.54, 1.807) is 12.3 Å². The minimum Gasteiger partial charge on any atom is -0.263 e. The largest absolute Gasteiger partial charge is 0.263 e. The summed E-state index contributed by atoms with van der Waals surface area (Å²) in [5.74, 6) is 0. The Labute approximate surface area is 68.6 Å². The molecule has 0 unspecified atom stereocenters. The number of isothiocyanates is 1. The molecule has 0 N–H and O–H groups in total. The van der Waals surface area contributed by atoms with Crippen LogP contribution in [0.5, 0.6) is 0 Å². The van der Waals surface area contributed by atoms with Crippen molar-refractivity contribution in [1.29, 1.82) is 0 Å². The molecular weight excluding hydrogens is 168 g/mol. The molecule has 2 nitrogen and oxygen atoms in total. The Morgan fingerprint density at radius 3 is 3.10 bits per heavy atom. The lowest BCUT2D eigenvalue weighted by Crippen LogP contribution is -1.69. The highest BCUT2D eigenvalue weighted by Gasteiger charge is 1.93. The van der Waals surface area contributed by atoms with Crippen molar-refractivity contribution in [1.82, 2.24) is 4.98 Å². The van der Waals surface area contributed by atoms with Gasteiger partial charge in [-0.15, -0.1) is 0 Å². The van der Waals surface area contributed by atoms with E-state index < -0.39 is 0 Å². The monoisotopic (exact) mass is 170 g/mol. The van der Waals surface area contributed by atoms with Gasteiger partial charge in [0.2, 0.25) is 0 Å². The predicted octanol–water partition coefficient (Wildman–Crippen LogP) is 2.47. The zero-order valence-electron chi connectivity index (χ0n) is 4.91. The van der Waals surface area contributed by atoms with E-state index in [-0.39, 0.29) is 0 Å². The number of hydrogen-bond acceptors (Lipinski definition) is 3. The lowest BCUT2D eigenvalue weighted by atomic mass is 10.4. The number of halogens is 1. The van der Waals surface area contributed by atoms with E-state index in [1.807, 2.05) is 0 Å². The van der Waals surface area contributed by atoms with E-state index in [0.717, 1.165) is 0 Å². The molecule has 0 bridgehead atoms. The maximum absolute atomic E-state index is 5.66. The molecule has 0 radical (unpaired) electrons. The van der Waals surface area contributed by atoms with Crippen molar-refractivity contribution in [2.45, 2.75) is 0 Å². The van der Waals surface area contributed by atoms with Crippen molar-refractivity contribution in [3.63, 3.8) is 0 Å². The molecule has 4 heteroatoms. The standard InChI is InChI=1S/C6H3ClN2S/c7-5-3-8-2-1-6(5)9-4-10/h1-3H. The van der Waals surface area contributed by atoms with Gasteiger partial charge < -0.3 is 0 Å². The fourth-order valence-corrected chi connectivity index (χ4v) is 0.768. The number of hydrogen-bond donors (Lipinski definition) is 0. The van der Waals surface area contributed by atoms with Gasteiger partial charge in [-0.25, -0.2) is 0 Å². The third-order valence-corrected chi connectivity index (χ3v) is 1.30. The molecule has 1 aromatic heterocycles. The van der Waals surface area contributed by atoms with E-state index in [2.05, 4.69) is 27.4 Å². The molecule has 1 aromatic rings. The summed E-state index contributed by atoms with van der Waals surface area (Å²) in [5, 5.41) is 2.71. The van der Waals surface area contributed by atoms with E-state index >= 15 is 0 Å². The number of thiocarbonyl (C=S) groups is 1. The van der Waals surface area contributed by atoms with Gasteiger partial charge in [-0.3, -0.25) is 4.98 Å². The summed E-state index contributed by atoms with van der Waals surface area (Å²) in [6, 6.07) is 1.67. The summed E-state index contributed by atoms with van der Waals surface area (Å²) >= 11 is 10.1. The number of rotatable bonds is 1. The summed E-state index contributed by atoms with van der Waals surface area (Å²) in [6.07, 6.45) is 3.10. The minimum atomic E-state index is 0.486. The summed E-state index contributed by atoms with van der Waals surface area (Å²) < 4.78 is 0. The van der Waals surface area contributed by atoms with E-state index in [9.17, 15) is 0 Å². The first kappa shape index (κ1) is 7.35. The Bertz CT molecular complexity index is 281. The lowest BCUT2D eigenvalue weighted by Gasteiger charge is -1.90. The second-order valence-electron chi connectivity index (χ2n) is 1.53. The zero-order chi connectivity index (χ0) is 7.40. The molecule has 10 heavy (non-hydrogen) atoms.